The Labute approximate surface area is 117 Å². The zero-order chi connectivity index (χ0) is 14.2. The van der Waals surface area contributed by atoms with Gasteiger partial charge in [0.25, 0.3) is 0 Å². The average Bonchev–Trinajstić information content (AvgIpc) is 2.62. The summed E-state index contributed by atoms with van der Waals surface area (Å²) in [6.45, 7) is 5.71. The van der Waals surface area contributed by atoms with Crippen LogP contribution in [0.2, 0.25) is 0 Å². The van der Waals surface area contributed by atoms with E-state index < -0.39 is 11.2 Å². The summed E-state index contributed by atoms with van der Waals surface area (Å²) < 4.78 is 24.2. The molecule has 1 aromatic carbocycles. The molecule has 0 amide bonds. The van der Waals surface area contributed by atoms with Crippen LogP contribution in [-0.4, -0.2) is 7.11 Å². The predicted molar refractivity (Wildman–Crippen MR) is 73.6 cm³/mol. The quantitative estimate of drug-likeness (QED) is 0.763. The van der Waals surface area contributed by atoms with Gasteiger partial charge in [0.1, 0.15) is 11.5 Å². The van der Waals surface area contributed by atoms with E-state index in [1.54, 1.807) is 12.1 Å². The standard InChI is InChI=1S/C15H16ClFO2/c1-8-9(2)19-10(3)14(8)15(16)11-5-6-13(18-4)12(17)7-11/h5-7,15H,1-4H3. The minimum absolute atomic E-state index is 0.212. The molecule has 102 valence electrons. The van der Waals surface area contributed by atoms with Gasteiger partial charge in [-0.05, 0) is 44.0 Å². The van der Waals surface area contributed by atoms with E-state index in [4.69, 9.17) is 20.8 Å². The third kappa shape index (κ3) is 2.47. The van der Waals surface area contributed by atoms with Crippen molar-refractivity contribution < 1.29 is 13.5 Å². The largest absolute Gasteiger partial charge is 0.494 e. The van der Waals surface area contributed by atoms with Crippen molar-refractivity contribution in [2.45, 2.75) is 26.1 Å². The van der Waals surface area contributed by atoms with Crippen molar-refractivity contribution in [3.63, 3.8) is 0 Å². The van der Waals surface area contributed by atoms with Crippen LogP contribution in [0.25, 0.3) is 0 Å². The van der Waals surface area contributed by atoms with Gasteiger partial charge >= 0.3 is 0 Å². The van der Waals surface area contributed by atoms with E-state index in [1.165, 1.54) is 13.2 Å². The molecule has 0 bridgehead atoms. The van der Waals surface area contributed by atoms with Crippen molar-refractivity contribution in [1.29, 1.82) is 0 Å². The van der Waals surface area contributed by atoms with E-state index in [-0.39, 0.29) is 5.75 Å². The van der Waals surface area contributed by atoms with Crippen LogP contribution in [0.4, 0.5) is 4.39 Å². The number of halogens is 2. The Morgan fingerprint density at radius 3 is 2.37 bits per heavy atom. The lowest BCUT2D eigenvalue weighted by Gasteiger charge is -2.12. The van der Waals surface area contributed by atoms with Gasteiger partial charge in [-0.3, -0.25) is 0 Å². The third-order valence-electron chi connectivity index (χ3n) is 3.34. The number of aryl methyl sites for hydroxylation is 2. The first kappa shape index (κ1) is 13.9. The van der Waals surface area contributed by atoms with Crippen LogP contribution in [0, 0.1) is 26.6 Å². The lowest BCUT2D eigenvalue weighted by Crippen LogP contribution is -1.98. The Kier molecular flexibility index (Phi) is 3.85. The molecule has 2 nitrogen and oxygen atoms in total. The molecule has 19 heavy (non-hydrogen) atoms. The van der Waals surface area contributed by atoms with E-state index in [1.807, 2.05) is 20.8 Å². The molecule has 1 unspecified atom stereocenters. The number of alkyl halides is 1. The second kappa shape index (κ2) is 5.25. The van der Waals surface area contributed by atoms with E-state index in [9.17, 15) is 4.39 Å². The fourth-order valence-corrected chi connectivity index (χ4v) is 2.64. The number of hydrogen-bond acceptors (Lipinski definition) is 2. The normalized spacial score (nSPS) is 12.5. The number of hydrogen-bond donors (Lipinski definition) is 0. The van der Waals surface area contributed by atoms with Crippen molar-refractivity contribution in [1.82, 2.24) is 0 Å². The Bertz CT molecular complexity index is 604. The SMILES string of the molecule is COc1ccc(C(Cl)c2c(C)oc(C)c2C)cc1F. The van der Waals surface area contributed by atoms with Gasteiger partial charge in [-0.2, -0.15) is 0 Å². The van der Waals surface area contributed by atoms with Gasteiger partial charge in [-0.15, -0.1) is 11.6 Å². The van der Waals surface area contributed by atoms with E-state index >= 15 is 0 Å². The molecule has 0 N–H and O–H groups in total. The topological polar surface area (TPSA) is 22.4 Å². The number of furan rings is 1. The summed E-state index contributed by atoms with van der Waals surface area (Å²) in [5, 5.41) is -0.433. The molecule has 2 aromatic rings. The average molecular weight is 283 g/mol. The van der Waals surface area contributed by atoms with Crippen molar-refractivity contribution >= 4 is 11.6 Å². The maximum Gasteiger partial charge on any atom is 0.165 e. The van der Waals surface area contributed by atoms with E-state index in [0.29, 0.717) is 5.56 Å². The summed E-state index contributed by atoms with van der Waals surface area (Å²) in [7, 11) is 1.43. The smallest absolute Gasteiger partial charge is 0.165 e. The fourth-order valence-electron chi connectivity index (χ4n) is 2.19. The summed E-state index contributed by atoms with van der Waals surface area (Å²) in [6, 6.07) is 4.75. The predicted octanol–water partition coefficient (Wildman–Crippen LogP) is 4.68. The number of benzene rings is 1. The highest BCUT2D eigenvalue weighted by atomic mass is 35.5. The lowest BCUT2D eigenvalue weighted by molar-refractivity contribution is 0.386. The Balaban J connectivity index is 2.44. The first-order chi connectivity index (χ1) is 8.95. The molecule has 0 spiro atoms. The Hall–Kier alpha value is -1.48. The highest BCUT2D eigenvalue weighted by molar-refractivity contribution is 6.22. The number of methoxy groups -OCH3 is 1. The van der Waals surface area contributed by atoms with Crippen molar-refractivity contribution in [2.24, 2.45) is 0 Å². The molecule has 0 saturated heterocycles. The van der Waals surface area contributed by atoms with Crippen molar-refractivity contribution in [2.75, 3.05) is 7.11 Å². The Morgan fingerprint density at radius 1 is 1.21 bits per heavy atom. The third-order valence-corrected chi connectivity index (χ3v) is 3.81. The number of ether oxygens (including phenoxy) is 1. The monoisotopic (exact) mass is 282 g/mol. The van der Waals surface area contributed by atoms with Gasteiger partial charge in [0.2, 0.25) is 0 Å². The second-order valence-electron chi connectivity index (χ2n) is 4.51. The zero-order valence-corrected chi connectivity index (χ0v) is 12.1. The number of rotatable bonds is 3. The van der Waals surface area contributed by atoms with Crippen LogP contribution < -0.4 is 4.74 Å². The lowest BCUT2D eigenvalue weighted by atomic mass is 10.0. The summed E-state index contributed by atoms with van der Waals surface area (Å²) in [5.41, 5.74) is 2.60. The van der Waals surface area contributed by atoms with Gasteiger partial charge in [-0.25, -0.2) is 4.39 Å². The second-order valence-corrected chi connectivity index (χ2v) is 4.95. The maximum atomic E-state index is 13.7. The molecule has 4 heteroatoms. The highest BCUT2D eigenvalue weighted by Gasteiger charge is 2.21. The highest BCUT2D eigenvalue weighted by Crippen LogP contribution is 2.37. The van der Waals surface area contributed by atoms with Crippen LogP contribution in [-0.2, 0) is 0 Å². The molecule has 0 aliphatic heterocycles. The summed E-state index contributed by atoms with van der Waals surface area (Å²) in [6.07, 6.45) is 0. The van der Waals surface area contributed by atoms with Gasteiger partial charge < -0.3 is 9.15 Å². The molecule has 0 aliphatic carbocycles. The molecule has 1 atom stereocenters. The van der Waals surface area contributed by atoms with Gasteiger partial charge in [0, 0.05) is 5.56 Å². The molecule has 0 saturated carbocycles. The van der Waals surface area contributed by atoms with E-state index in [0.717, 1.165) is 22.6 Å². The fraction of sp³-hybridized carbons (Fsp3) is 0.333. The van der Waals surface area contributed by atoms with Crippen LogP contribution in [0.1, 0.15) is 33.6 Å². The first-order valence-electron chi connectivity index (χ1n) is 5.99. The minimum atomic E-state index is -0.433. The van der Waals surface area contributed by atoms with Gasteiger partial charge in [0.05, 0.1) is 12.5 Å². The van der Waals surface area contributed by atoms with Gasteiger partial charge in [-0.1, -0.05) is 6.07 Å². The molecule has 0 fully saturated rings. The minimum Gasteiger partial charge on any atom is -0.494 e. The summed E-state index contributed by atoms with van der Waals surface area (Å²) in [5.74, 6) is 1.41. The van der Waals surface area contributed by atoms with Crippen molar-refractivity contribution in [3.8, 4) is 5.75 Å². The zero-order valence-electron chi connectivity index (χ0n) is 11.4. The van der Waals surface area contributed by atoms with Gasteiger partial charge in [0.15, 0.2) is 11.6 Å². The summed E-state index contributed by atoms with van der Waals surface area (Å²) >= 11 is 6.46. The van der Waals surface area contributed by atoms with Crippen LogP contribution >= 0.6 is 11.6 Å². The van der Waals surface area contributed by atoms with Crippen LogP contribution in [0.5, 0.6) is 5.75 Å². The molecule has 2 rings (SSSR count). The Morgan fingerprint density at radius 2 is 1.89 bits per heavy atom. The van der Waals surface area contributed by atoms with Crippen LogP contribution in [0.15, 0.2) is 22.6 Å². The molecule has 0 aliphatic rings. The van der Waals surface area contributed by atoms with Crippen LogP contribution in [0.3, 0.4) is 0 Å². The van der Waals surface area contributed by atoms with E-state index in [2.05, 4.69) is 0 Å². The molecular weight excluding hydrogens is 267 g/mol. The molecular formula is C15H16ClFO2. The van der Waals surface area contributed by atoms with Crippen molar-refractivity contribution in [3.05, 3.63) is 52.2 Å². The molecule has 0 radical (unpaired) electrons. The molecule has 1 aromatic heterocycles. The maximum absolute atomic E-state index is 13.7. The summed E-state index contributed by atoms with van der Waals surface area (Å²) in [4.78, 5) is 0. The molecule has 1 heterocycles. The first-order valence-corrected chi connectivity index (χ1v) is 6.43.